The normalized spacial score (nSPS) is 14.2. The van der Waals surface area contributed by atoms with Crippen LogP contribution in [-0.4, -0.2) is 37.4 Å². The van der Waals surface area contributed by atoms with E-state index in [2.05, 4.69) is 11.0 Å². The molecule has 2 aromatic rings. The lowest BCUT2D eigenvalue weighted by molar-refractivity contribution is -0.114. The molecule has 7 heteroatoms. The summed E-state index contributed by atoms with van der Waals surface area (Å²) in [6.45, 7) is 6.28. The molecule has 2 aromatic carbocycles. The van der Waals surface area contributed by atoms with Crippen LogP contribution >= 0.6 is 0 Å². The number of rotatable bonds is 8. The molecule has 1 amide bonds. The van der Waals surface area contributed by atoms with Crippen molar-refractivity contribution in [2.24, 2.45) is 5.10 Å². The van der Waals surface area contributed by atoms with Crippen LogP contribution in [0.3, 0.4) is 0 Å². The highest BCUT2D eigenvalue weighted by molar-refractivity contribution is 6.32. The molecule has 0 fully saturated rings. The minimum absolute atomic E-state index is 0.134. The molecule has 0 atom stereocenters. The molecule has 1 heterocycles. The quantitative estimate of drug-likeness (QED) is 0.357. The van der Waals surface area contributed by atoms with Crippen molar-refractivity contribution < 1.29 is 23.8 Å². The van der Waals surface area contributed by atoms with Crippen molar-refractivity contribution in [3.63, 3.8) is 0 Å². The second-order valence-electron chi connectivity index (χ2n) is 6.76. The number of esters is 1. The molecular formula is C25H24N2O5. The van der Waals surface area contributed by atoms with Gasteiger partial charge >= 0.3 is 5.97 Å². The van der Waals surface area contributed by atoms with Crippen LogP contribution in [0.1, 0.15) is 36.7 Å². The number of carbonyl (C=O) groups excluding carboxylic acids is 2. The number of carbonyl (C=O) groups is 2. The van der Waals surface area contributed by atoms with E-state index in [0.29, 0.717) is 47.2 Å². The lowest BCUT2D eigenvalue weighted by atomic mass is 10.1. The molecule has 32 heavy (non-hydrogen) atoms. The average molecular weight is 432 g/mol. The van der Waals surface area contributed by atoms with Crippen LogP contribution in [0.5, 0.6) is 11.5 Å². The molecule has 3 rings (SSSR count). The Morgan fingerprint density at radius 2 is 1.84 bits per heavy atom. The predicted octanol–water partition coefficient (Wildman–Crippen LogP) is 4.08. The standard InChI is InChI=1S/C25H24N2O5/c1-5-14-32-22-13-8-18(16-23(22)30-6-2)15-21-17(4)26-27(24(21)28)20-11-9-19(10-12-20)25(29)31-7-3/h1,8-13,15-16H,6-7,14H2,2-4H3/b21-15-. The summed E-state index contributed by atoms with van der Waals surface area (Å²) < 4.78 is 16.1. The Balaban J connectivity index is 1.84. The molecule has 0 saturated carbocycles. The van der Waals surface area contributed by atoms with Crippen molar-refractivity contribution in [2.75, 3.05) is 24.8 Å². The zero-order valence-corrected chi connectivity index (χ0v) is 18.3. The maximum Gasteiger partial charge on any atom is 0.338 e. The van der Waals surface area contributed by atoms with Gasteiger partial charge in [0.05, 0.1) is 35.7 Å². The number of nitrogens with zero attached hydrogens (tertiary/aromatic N) is 2. The van der Waals surface area contributed by atoms with E-state index in [4.69, 9.17) is 20.6 Å². The Bertz CT molecular complexity index is 1110. The van der Waals surface area contributed by atoms with Crippen molar-refractivity contribution in [3.8, 4) is 23.8 Å². The van der Waals surface area contributed by atoms with E-state index >= 15 is 0 Å². The van der Waals surface area contributed by atoms with Gasteiger partial charge in [0.25, 0.3) is 5.91 Å². The Hall–Kier alpha value is -4.05. The van der Waals surface area contributed by atoms with Crippen LogP contribution in [0.25, 0.3) is 6.08 Å². The van der Waals surface area contributed by atoms with E-state index < -0.39 is 5.97 Å². The molecule has 0 unspecified atom stereocenters. The van der Waals surface area contributed by atoms with Gasteiger partial charge in [0, 0.05) is 0 Å². The van der Waals surface area contributed by atoms with E-state index in [9.17, 15) is 9.59 Å². The molecule has 0 bridgehead atoms. The topological polar surface area (TPSA) is 77.4 Å². The molecule has 0 aliphatic carbocycles. The number of hydrogen-bond acceptors (Lipinski definition) is 6. The zero-order valence-electron chi connectivity index (χ0n) is 18.3. The van der Waals surface area contributed by atoms with Crippen LogP contribution in [0.15, 0.2) is 53.1 Å². The third kappa shape index (κ3) is 4.98. The predicted molar refractivity (Wildman–Crippen MR) is 123 cm³/mol. The van der Waals surface area contributed by atoms with Gasteiger partial charge in [-0.25, -0.2) is 4.79 Å². The van der Waals surface area contributed by atoms with Gasteiger partial charge < -0.3 is 14.2 Å². The zero-order chi connectivity index (χ0) is 23.1. The molecule has 7 nitrogen and oxygen atoms in total. The third-order valence-electron chi connectivity index (χ3n) is 4.58. The Labute approximate surface area is 187 Å². The first-order valence-corrected chi connectivity index (χ1v) is 10.2. The Morgan fingerprint density at radius 3 is 2.50 bits per heavy atom. The number of amides is 1. The Kier molecular flexibility index (Phi) is 7.29. The minimum atomic E-state index is -0.410. The SMILES string of the molecule is C#CCOc1ccc(/C=C2\C(=O)N(c3ccc(C(=O)OCC)cc3)N=C2C)cc1OCC. The second-order valence-corrected chi connectivity index (χ2v) is 6.76. The highest BCUT2D eigenvalue weighted by Crippen LogP contribution is 2.31. The largest absolute Gasteiger partial charge is 0.490 e. The number of terminal acetylenes is 1. The van der Waals surface area contributed by atoms with Gasteiger partial charge in [-0.2, -0.15) is 10.1 Å². The molecule has 1 aliphatic heterocycles. The molecule has 0 spiro atoms. The summed E-state index contributed by atoms with van der Waals surface area (Å²) in [5.41, 5.74) is 2.77. The van der Waals surface area contributed by atoms with Crippen LogP contribution in [-0.2, 0) is 9.53 Å². The van der Waals surface area contributed by atoms with Gasteiger partial charge in [-0.1, -0.05) is 12.0 Å². The van der Waals surface area contributed by atoms with Crippen molar-refractivity contribution in [1.82, 2.24) is 0 Å². The molecule has 0 N–H and O–H groups in total. The highest BCUT2D eigenvalue weighted by Gasteiger charge is 2.29. The summed E-state index contributed by atoms with van der Waals surface area (Å²) in [6, 6.07) is 11.9. The van der Waals surface area contributed by atoms with Crippen LogP contribution in [0.2, 0.25) is 0 Å². The van der Waals surface area contributed by atoms with Crippen molar-refractivity contribution in [1.29, 1.82) is 0 Å². The van der Waals surface area contributed by atoms with E-state index in [1.54, 1.807) is 56.3 Å². The Morgan fingerprint density at radius 1 is 1.09 bits per heavy atom. The fourth-order valence-electron chi connectivity index (χ4n) is 3.10. The van der Waals surface area contributed by atoms with Gasteiger partial charge in [0.15, 0.2) is 11.5 Å². The van der Waals surface area contributed by atoms with E-state index in [1.807, 2.05) is 13.0 Å². The first-order chi connectivity index (χ1) is 15.5. The maximum atomic E-state index is 13.0. The van der Waals surface area contributed by atoms with Crippen LogP contribution < -0.4 is 14.5 Å². The number of anilines is 1. The van der Waals surface area contributed by atoms with Gasteiger partial charge in [0.1, 0.15) is 6.61 Å². The number of ether oxygens (including phenoxy) is 3. The molecule has 0 radical (unpaired) electrons. The molecule has 0 saturated heterocycles. The van der Waals surface area contributed by atoms with Gasteiger partial charge in [-0.15, -0.1) is 6.42 Å². The summed E-state index contributed by atoms with van der Waals surface area (Å²) in [5, 5.41) is 5.69. The average Bonchev–Trinajstić information content (AvgIpc) is 3.07. The first kappa shape index (κ1) is 22.6. The van der Waals surface area contributed by atoms with E-state index in [0.717, 1.165) is 5.56 Å². The summed E-state index contributed by atoms with van der Waals surface area (Å²) >= 11 is 0. The second kappa shape index (κ2) is 10.3. The number of hydrazone groups is 1. The first-order valence-electron chi connectivity index (χ1n) is 10.2. The van der Waals surface area contributed by atoms with Crippen molar-refractivity contribution >= 4 is 29.4 Å². The fraction of sp³-hybridized carbons (Fsp3) is 0.240. The molecule has 1 aliphatic rings. The lowest BCUT2D eigenvalue weighted by Gasteiger charge is -2.13. The number of benzene rings is 2. The molecule has 0 aromatic heterocycles. The smallest absolute Gasteiger partial charge is 0.338 e. The summed E-state index contributed by atoms with van der Waals surface area (Å²) in [4.78, 5) is 24.9. The summed E-state index contributed by atoms with van der Waals surface area (Å²) in [6.07, 6.45) is 7.02. The van der Waals surface area contributed by atoms with Crippen molar-refractivity contribution in [3.05, 3.63) is 59.2 Å². The summed E-state index contributed by atoms with van der Waals surface area (Å²) in [5.74, 6) is 2.83. The maximum absolute atomic E-state index is 13.0. The monoisotopic (exact) mass is 432 g/mol. The van der Waals surface area contributed by atoms with E-state index in [1.165, 1.54) is 5.01 Å². The minimum Gasteiger partial charge on any atom is -0.490 e. The fourth-order valence-corrected chi connectivity index (χ4v) is 3.10. The van der Waals surface area contributed by atoms with Gasteiger partial charge in [-0.3, -0.25) is 4.79 Å². The summed E-state index contributed by atoms with van der Waals surface area (Å²) in [7, 11) is 0. The number of hydrogen-bond donors (Lipinski definition) is 0. The van der Waals surface area contributed by atoms with Crippen LogP contribution in [0.4, 0.5) is 5.69 Å². The molecule has 164 valence electrons. The third-order valence-corrected chi connectivity index (χ3v) is 4.58. The van der Waals surface area contributed by atoms with Gasteiger partial charge in [0.2, 0.25) is 0 Å². The van der Waals surface area contributed by atoms with Gasteiger partial charge in [-0.05, 0) is 68.8 Å². The van der Waals surface area contributed by atoms with Crippen LogP contribution in [0, 0.1) is 12.3 Å². The highest BCUT2D eigenvalue weighted by atomic mass is 16.5. The lowest BCUT2D eigenvalue weighted by Crippen LogP contribution is -2.21. The van der Waals surface area contributed by atoms with E-state index in [-0.39, 0.29) is 12.5 Å². The molecular weight excluding hydrogens is 408 g/mol. The van der Waals surface area contributed by atoms with Crippen molar-refractivity contribution in [2.45, 2.75) is 20.8 Å².